The smallest absolute Gasteiger partial charge is 0.265 e. The highest BCUT2D eigenvalue weighted by molar-refractivity contribution is 14.1. The molecule has 0 saturated heterocycles. The number of halogens is 3. The second-order valence-electron chi connectivity index (χ2n) is 2.48. The molecule has 0 saturated carbocycles. The van der Waals surface area contributed by atoms with Gasteiger partial charge in [0.05, 0.1) is 10.7 Å². The summed E-state index contributed by atoms with van der Waals surface area (Å²) in [7, 11) is 1.42. The third kappa shape index (κ3) is 2.26. The van der Waals surface area contributed by atoms with Crippen LogP contribution in [0.25, 0.3) is 0 Å². The van der Waals surface area contributed by atoms with E-state index in [0.717, 1.165) is 0 Å². The third-order valence-electron chi connectivity index (χ3n) is 1.51. The highest BCUT2D eigenvalue weighted by Gasteiger charge is 2.16. The van der Waals surface area contributed by atoms with Gasteiger partial charge in [0.25, 0.3) is 6.43 Å². The average molecular weight is 299 g/mol. The first-order chi connectivity index (χ1) is 6.06. The van der Waals surface area contributed by atoms with Crippen molar-refractivity contribution in [3.05, 3.63) is 20.9 Å². The van der Waals surface area contributed by atoms with Crippen molar-refractivity contribution in [2.75, 3.05) is 7.11 Å². The monoisotopic (exact) mass is 299 g/mol. The summed E-state index contributed by atoms with van der Waals surface area (Å²) >= 11 is 1.81. The van der Waals surface area contributed by atoms with E-state index in [-0.39, 0.29) is 11.4 Å². The van der Waals surface area contributed by atoms with Gasteiger partial charge in [-0.1, -0.05) is 0 Å². The van der Waals surface area contributed by atoms with Gasteiger partial charge in [-0.05, 0) is 35.6 Å². The predicted molar refractivity (Wildman–Crippen MR) is 53.2 cm³/mol. The van der Waals surface area contributed by atoms with Gasteiger partial charge in [0, 0.05) is 11.3 Å². The first-order valence-corrected chi connectivity index (χ1v) is 4.63. The lowest BCUT2D eigenvalue weighted by Crippen LogP contribution is -1.99. The van der Waals surface area contributed by atoms with Gasteiger partial charge in [-0.2, -0.15) is 0 Å². The maximum Gasteiger partial charge on any atom is 0.265 e. The Bertz CT molecular complexity index is 317. The van der Waals surface area contributed by atoms with Crippen molar-refractivity contribution in [2.24, 2.45) is 0 Å². The Morgan fingerprint density at radius 3 is 2.62 bits per heavy atom. The van der Waals surface area contributed by atoms with E-state index in [2.05, 4.69) is 4.98 Å². The number of hydrogen-bond acceptors (Lipinski definition) is 2. The van der Waals surface area contributed by atoms with E-state index in [1.165, 1.54) is 13.2 Å². The molecule has 1 heterocycles. The van der Waals surface area contributed by atoms with Crippen LogP contribution in [0.4, 0.5) is 8.78 Å². The van der Waals surface area contributed by atoms with E-state index in [1.807, 2.05) is 0 Å². The Kier molecular flexibility index (Phi) is 3.40. The first-order valence-electron chi connectivity index (χ1n) is 3.55. The second kappa shape index (κ2) is 4.17. The molecule has 5 heteroatoms. The molecule has 0 aromatic carbocycles. The molecule has 2 nitrogen and oxygen atoms in total. The van der Waals surface area contributed by atoms with Crippen LogP contribution in [0.1, 0.15) is 17.7 Å². The van der Waals surface area contributed by atoms with Gasteiger partial charge in [0.1, 0.15) is 0 Å². The van der Waals surface area contributed by atoms with Gasteiger partial charge in [0.2, 0.25) is 5.88 Å². The maximum atomic E-state index is 12.4. The van der Waals surface area contributed by atoms with Gasteiger partial charge >= 0.3 is 0 Å². The fraction of sp³-hybridized carbons (Fsp3) is 0.375. The average Bonchev–Trinajstić information content (AvgIpc) is 2.08. The Morgan fingerprint density at radius 2 is 2.15 bits per heavy atom. The molecule has 0 amide bonds. The fourth-order valence-electron chi connectivity index (χ4n) is 0.947. The number of pyridine rings is 1. The molecule has 0 unspecified atom stereocenters. The summed E-state index contributed by atoms with van der Waals surface area (Å²) in [5.74, 6) is 0.260. The van der Waals surface area contributed by atoms with Gasteiger partial charge in [0.15, 0.2) is 0 Å². The van der Waals surface area contributed by atoms with E-state index < -0.39 is 6.43 Å². The first kappa shape index (κ1) is 10.6. The van der Waals surface area contributed by atoms with Crippen molar-refractivity contribution in [2.45, 2.75) is 13.3 Å². The molecule has 0 aliphatic heterocycles. The van der Waals surface area contributed by atoms with Crippen molar-refractivity contribution in [3.63, 3.8) is 0 Å². The van der Waals surface area contributed by atoms with Gasteiger partial charge < -0.3 is 4.74 Å². The molecule has 0 atom stereocenters. The molecular formula is C8H8F2INO. The van der Waals surface area contributed by atoms with Crippen LogP contribution in [0.5, 0.6) is 5.88 Å². The molecule has 1 aromatic heterocycles. The molecule has 0 bridgehead atoms. The van der Waals surface area contributed by atoms with Gasteiger partial charge in [-0.25, -0.2) is 13.8 Å². The normalized spacial score (nSPS) is 10.6. The molecule has 0 spiro atoms. The molecule has 0 aliphatic carbocycles. The van der Waals surface area contributed by atoms with Crippen LogP contribution in [-0.2, 0) is 0 Å². The van der Waals surface area contributed by atoms with Gasteiger partial charge in [-0.15, -0.1) is 0 Å². The molecule has 13 heavy (non-hydrogen) atoms. The Hall–Kier alpha value is -0.460. The molecule has 0 N–H and O–H groups in total. The molecule has 1 rings (SSSR count). The number of nitrogens with zero attached hydrogens (tertiary/aromatic N) is 1. The van der Waals surface area contributed by atoms with E-state index in [0.29, 0.717) is 9.26 Å². The number of aromatic nitrogens is 1. The molecule has 0 radical (unpaired) electrons. The summed E-state index contributed by atoms with van der Waals surface area (Å²) in [6.45, 7) is 1.66. The number of rotatable bonds is 2. The number of ether oxygens (including phenoxy) is 1. The number of hydrogen-bond donors (Lipinski definition) is 0. The number of methoxy groups -OCH3 is 1. The van der Waals surface area contributed by atoms with Crippen LogP contribution in [0.3, 0.4) is 0 Å². The lowest BCUT2D eigenvalue weighted by molar-refractivity contribution is 0.149. The summed E-state index contributed by atoms with van der Waals surface area (Å²) in [5, 5.41) is 0. The third-order valence-corrected chi connectivity index (χ3v) is 2.60. The Balaban J connectivity index is 3.27. The van der Waals surface area contributed by atoms with Crippen molar-refractivity contribution in [3.8, 4) is 5.88 Å². The SMILES string of the molecule is COc1nc(C)cc(C(F)F)c1I. The lowest BCUT2D eigenvalue weighted by atomic mass is 10.2. The van der Waals surface area contributed by atoms with E-state index in [1.54, 1.807) is 29.5 Å². The zero-order valence-electron chi connectivity index (χ0n) is 7.14. The molecule has 0 fully saturated rings. The predicted octanol–water partition coefficient (Wildman–Crippen LogP) is 2.94. The minimum Gasteiger partial charge on any atom is -0.480 e. The lowest BCUT2D eigenvalue weighted by Gasteiger charge is -2.08. The van der Waals surface area contributed by atoms with Gasteiger partial charge in [-0.3, -0.25) is 0 Å². The minimum absolute atomic E-state index is 0.0232. The molecule has 72 valence electrons. The van der Waals surface area contributed by atoms with Crippen LogP contribution < -0.4 is 4.74 Å². The van der Waals surface area contributed by atoms with Crippen molar-refractivity contribution in [1.82, 2.24) is 4.98 Å². The Labute approximate surface area is 88.5 Å². The van der Waals surface area contributed by atoms with E-state index >= 15 is 0 Å². The summed E-state index contributed by atoms with van der Waals surface area (Å²) in [6, 6.07) is 1.37. The van der Waals surface area contributed by atoms with Crippen molar-refractivity contribution >= 4 is 22.6 Å². The van der Waals surface area contributed by atoms with E-state index in [4.69, 9.17) is 4.74 Å². The fourth-order valence-corrected chi connectivity index (χ4v) is 1.68. The van der Waals surface area contributed by atoms with Crippen molar-refractivity contribution in [1.29, 1.82) is 0 Å². The minimum atomic E-state index is -2.48. The van der Waals surface area contributed by atoms with Crippen molar-refractivity contribution < 1.29 is 13.5 Å². The largest absolute Gasteiger partial charge is 0.480 e. The quantitative estimate of drug-likeness (QED) is 0.783. The van der Waals surface area contributed by atoms with Crippen LogP contribution in [0.15, 0.2) is 6.07 Å². The highest BCUT2D eigenvalue weighted by atomic mass is 127. The van der Waals surface area contributed by atoms with Crippen LogP contribution in [0, 0.1) is 10.5 Å². The summed E-state index contributed by atoms with van der Waals surface area (Å²) < 4.78 is 30.1. The standard InChI is InChI=1S/C8H8F2INO/c1-4-3-5(7(9)10)6(11)8(12-4)13-2/h3,7H,1-2H3. The summed E-state index contributed by atoms with van der Waals surface area (Å²) in [6.07, 6.45) is -2.48. The number of aryl methyl sites for hydroxylation is 1. The summed E-state index contributed by atoms with van der Waals surface area (Å²) in [4.78, 5) is 3.97. The van der Waals surface area contributed by atoms with E-state index in [9.17, 15) is 8.78 Å². The van der Waals surface area contributed by atoms with Crippen LogP contribution in [0.2, 0.25) is 0 Å². The Morgan fingerprint density at radius 1 is 1.54 bits per heavy atom. The zero-order chi connectivity index (χ0) is 10.0. The highest BCUT2D eigenvalue weighted by Crippen LogP contribution is 2.30. The topological polar surface area (TPSA) is 22.1 Å². The molecular weight excluding hydrogens is 291 g/mol. The summed E-state index contributed by atoms with van der Waals surface area (Å²) in [5.41, 5.74) is 0.512. The molecule has 1 aromatic rings. The molecule has 0 aliphatic rings. The van der Waals surface area contributed by atoms with Crippen LogP contribution in [-0.4, -0.2) is 12.1 Å². The van der Waals surface area contributed by atoms with Crippen LogP contribution >= 0.6 is 22.6 Å². The zero-order valence-corrected chi connectivity index (χ0v) is 9.30. The maximum absolute atomic E-state index is 12.4. The second-order valence-corrected chi connectivity index (χ2v) is 3.56. The number of alkyl halides is 2.